The number of nitrogen functional groups attached to an aromatic ring is 1. The molecule has 0 atom stereocenters. The van der Waals surface area contributed by atoms with Crippen molar-refractivity contribution in [2.45, 2.75) is 12.8 Å². The number of amides is 1. The van der Waals surface area contributed by atoms with Gasteiger partial charge in [0.15, 0.2) is 0 Å². The summed E-state index contributed by atoms with van der Waals surface area (Å²) in [5, 5.41) is 11.6. The van der Waals surface area contributed by atoms with Crippen molar-refractivity contribution in [1.29, 1.82) is 0 Å². The van der Waals surface area contributed by atoms with Crippen LogP contribution in [0.5, 0.6) is 0 Å². The van der Waals surface area contributed by atoms with Gasteiger partial charge in [-0.15, -0.1) is 0 Å². The highest BCUT2D eigenvalue weighted by Gasteiger charge is 2.10. The van der Waals surface area contributed by atoms with E-state index in [0.29, 0.717) is 12.1 Å². The predicted octanol–water partition coefficient (Wildman–Crippen LogP) is 2.59. The van der Waals surface area contributed by atoms with Crippen LogP contribution in [0.4, 0.5) is 15.8 Å². The van der Waals surface area contributed by atoms with Gasteiger partial charge in [-0.2, -0.15) is 0 Å². The Balaban J connectivity index is 2.12. The summed E-state index contributed by atoms with van der Waals surface area (Å²) in [6.45, 7) is 0.128. The molecule has 5 heteroatoms. The van der Waals surface area contributed by atoms with Gasteiger partial charge in [-0.3, -0.25) is 4.79 Å². The van der Waals surface area contributed by atoms with Gasteiger partial charge in [-0.25, -0.2) is 4.39 Å². The van der Waals surface area contributed by atoms with E-state index in [1.807, 2.05) is 18.2 Å². The molecule has 0 unspecified atom stereocenters. The number of nitrogens with two attached hydrogens (primary N) is 1. The molecule has 0 aliphatic heterocycles. The lowest BCUT2D eigenvalue weighted by Gasteiger charge is -2.09. The van der Waals surface area contributed by atoms with Crippen LogP contribution < -0.4 is 11.1 Å². The highest BCUT2D eigenvalue weighted by Crippen LogP contribution is 2.17. The number of rotatable bonds is 5. The fourth-order valence-corrected chi connectivity index (χ4v) is 2.03. The van der Waals surface area contributed by atoms with Crippen LogP contribution in [0.3, 0.4) is 0 Å². The molecule has 2 aromatic carbocycles. The van der Waals surface area contributed by atoms with Crippen molar-refractivity contribution in [3.05, 3.63) is 59.4 Å². The summed E-state index contributed by atoms with van der Waals surface area (Å²) in [6.07, 6.45) is 1.40. The molecule has 0 radical (unpaired) electrons. The fourth-order valence-electron chi connectivity index (χ4n) is 2.03. The Morgan fingerprint density at radius 3 is 2.76 bits per heavy atom. The zero-order valence-corrected chi connectivity index (χ0v) is 11.5. The highest BCUT2D eigenvalue weighted by atomic mass is 19.1. The Labute approximate surface area is 122 Å². The first kappa shape index (κ1) is 15.0. The van der Waals surface area contributed by atoms with Crippen LogP contribution >= 0.6 is 0 Å². The molecular weight excluding hydrogens is 271 g/mol. The highest BCUT2D eigenvalue weighted by molar-refractivity contribution is 6.07. The number of aliphatic hydroxyl groups is 1. The van der Waals surface area contributed by atoms with Crippen molar-refractivity contribution in [3.63, 3.8) is 0 Å². The minimum absolute atomic E-state index is 0.101. The smallest absolute Gasteiger partial charge is 0.257 e. The van der Waals surface area contributed by atoms with Crippen molar-refractivity contribution < 1.29 is 14.3 Å². The zero-order valence-electron chi connectivity index (χ0n) is 11.5. The molecule has 110 valence electrons. The molecule has 21 heavy (non-hydrogen) atoms. The van der Waals surface area contributed by atoms with Crippen LogP contribution in [-0.4, -0.2) is 17.6 Å². The summed E-state index contributed by atoms with van der Waals surface area (Å²) >= 11 is 0. The second-order valence-electron chi connectivity index (χ2n) is 4.71. The van der Waals surface area contributed by atoms with Crippen LogP contribution in [0.2, 0.25) is 0 Å². The Kier molecular flexibility index (Phi) is 4.90. The second kappa shape index (κ2) is 6.85. The van der Waals surface area contributed by atoms with Crippen molar-refractivity contribution in [1.82, 2.24) is 0 Å². The topological polar surface area (TPSA) is 75.4 Å². The second-order valence-corrected chi connectivity index (χ2v) is 4.71. The van der Waals surface area contributed by atoms with E-state index in [1.54, 1.807) is 6.07 Å². The van der Waals surface area contributed by atoms with Crippen LogP contribution in [0.1, 0.15) is 22.3 Å². The Hall–Kier alpha value is -2.40. The summed E-state index contributed by atoms with van der Waals surface area (Å²) in [7, 11) is 0. The largest absolute Gasteiger partial charge is 0.398 e. The van der Waals surface area contributed by atoms with Crippen LogP contribution in [0.15, 0.2) is 42.5 Å². The van der Waals surface area contributed by atoms with Crippen molar-refractivity contribution >= 4 is 17.3 Å². The number of benzene rings is 2. The average molecular weight is 288 g/mol. The van der Waals surface area contributed by atoms with E-state index in [4.69, 9.17) is 10.8 Å². The van der Waals surface area contributed by atoms with Crippen LogP contribution in [-0.2, 0) is 6.42 Å². The third-order valence-corrected chi connectivity index (χ3v) is 3.07. The number of hydrogen-bond donors (Lipinski definition) is 3. The molecule has 0 spiro atoms. The van der Waals surface area contributed by atoms with Gasteiger partial charge in [0.25, 0.3) is 5.91 Å². The summed E-state index contributed by atoms with van der Waals surface area (Å²) < 4.78 is 13.0. The maximum atomic E-state index is 13.0. The fraction of sp³-hybridized carbons (Fsp3) is 0.188. The molecule has 1 amide bonds. The molecule has 0 aliphatic carbocycles. The minimum Gasteiger partial charge on any atom is -0.398 e. The number of hydrogen-bond acceptors (Lipinski definition) is 3. The first-order valence-electron chi connectivity index (χ1n) is 6.66. The molecule has 4 N–H and O–H groups in total. The first-order valence-corrected chi connectivity index (χ1v) is 6.66. The van der Waals surface area contributed by atoms with E-state index in [2.05, 4.69) is 5.32 Å². The van der Waals surface area contributed by atoms with Gasteiger partial charge in [0.1, 0.15) is 5.82 Å². The Bertz CT molecular complexity index is 644. The average Bonchev–Trinajstić information content (AvgIpc) is 2.45. The molecule has 0 bridgehead atoms. The first-order chi connectivity index (χ1) is 10.1. The van der Waals surface area contributed by atoms with E-state index < -0.39 is 5.82 Å². The molecular formula is C16H17FN2O2. The summed E-state index contributed by atoms with van der Waals surface area (Å²) in [4.78, 5) is 12.1. The van der Waals surface area contributed by atoms with E-state index in [9.17, 15) is 9.18 Å². The standard InChI is InChI=1S/C16H17FN2O2/c17-12-6-7-14(15(18)10-12)16(21)19-13-5-1-3-11(9-13)4-2-8-20/h1,3,5-7,9-10,20H,2,4,8,18H2,(H,19,21). The SMILES string of the molecule is Nc1cc(F)ccc1C(=O)Nc1cccc(CCCO)c1. The number of nitrogens with one attached hydrogen (secondary N) is 1. The lowest BCUT2D eigenvalue weighted by atomic mass is 10.1. The molecule has 0 saturated carbocycles. The number of aliphatic hydroxyl groups excluding tert-OH is 1. The van der Waals surface area contributed by atoms with E-state index in [-0.39, 0.29) is 23.8 Å². The molecule has 2 aromatic rings. The van der Waals surface area contributed by atoms with Gasteiger partial charge in [-0.1, -0.05) is 12.1 Å². The van der Waals surface area contributed by atoms with Gasteiger partial charge >= 0.3 is 0 Å². The zero-order chi connectivity index (χ0) is 15.2. The van der Waals surface area contributed by atoms with Crippen molar-refractivity contribution in [2.24, 2.45) is 0 Å². The third kappa shape index (κ3) is 4.03. The molecule has 0 aliphatic rings. The quantitative estimate of drug-likeness (QED) is 0.740. The normalized spacial score (nSPS) is 10.4. The number of anilines is 2. The molecule has 0 saturated heterocycles. The molecule has 0 aromatic heterocycles. The van der Waals surface area contributed by atoms with Gasteiger partial charge < -0.3 is 16.2 Å². The number of carbonyl (C=O) groups is 1. The van der Waals surface area contributed by atoms with E-state index in [0.717, 1.165) is 18.1 Å². The monoisotopic (exact) mass is 288 g/mol. The Morgan fingerprint density at radius 1 is 1.24 bits per heavy atom. The lowest BCUT2D eigenvalue weighted by molar-refractivity contribution is 0.102. The van der Waals surface area contributed by atoms with Crippen LogP contribution in [0.25, 0.3) is 0 Å². The number of halogens is 1. The minimum atomic E-state index is -0.477. The summed E-state index contributed by atoms with van der Waals surface area (Å²) in [5.74, 6) is -0.859. The van der Waals surface area contributed by atoms with E-state index >= 15 is 0 Å². The van der Waals surface area contributed by atoms with Gasteiger partial charge in [0.05, 0.1) is 5.56 Å². The predicted molar refractivity (Wildman–Crippen MR) is 80.6 cm³/mol. The third-order valence-electron chi connectivity index (χ3n) is 3.07. The van der Waals surface area contributed by atoms with Gasteiger partial charge in [0, 0.05) is 18.0 Å². The molecule has 0 fully saturated rings. The maximum absolute atomic E-state index is 13.0. The van der Waals surface area contributed by atoms with E-state index in [1.165, 1.54) is 12.1 Å². The van der Waals surface area contributed by atoms with Crippen molar-refractivity contribution in [2.75, 3.05) is 17.7 Å². The number of carbonyl (C=O) groups excluding carboxylic acids is 1. The molecule has 2 rings (SSSR count). The molecule has 0 heterocycles. The molecule has 4 nitrogen and oxygen atoms in total. The van der Waals surface area contributed by atoms with Crippen LogP contribution in [0, 0.1) is 5.82 Å². The summed E-state index contributed by atoms with van der Waals surface area (Å²) in [6, 6.07) is 11.0. The summed E-state index contributed by atoms with van der Waals surface area (Å²) in [5.41, 5.74) is 7.64. The lowest BCUT2D eigenvalue weighted by Crippen LogP contribution is -2.14. The van der Waals surface area contributed by atoms with Crippen molar-refractivity contribution in [3.8, 4) is 0 Å². The maximum Gasteiger partial charge on any atom is 0.257 e. The van der Waals surface area contributed by atoms with Gasteiger partial charge in [-0.05, 0) is 48.7 Å². The van der Waals surface area contributed by atoms with Gasteiger partial charge in [0.2, 0.25) is 0 Å². The Morgan fingerprint density at radius 2 is 2.05 bits per heavy atom. The number of aryl methyl sites for hydroxylation is 1.